The molecule has 0 aromatic carbocycles. The molecule has 0 unspecified atom stereocenters. The van der Waals surface area contributed by atoms with Gasteiger partial charge in [0, 0.05) is 11.3 Å². The molecule has 1 aliphatic rings. The van der Waals surface area contributed by atoms with E-state index in [0.29, 0.717) is 17.6 Å². The first kappa shape index (κ1) is 8.04. The zero-order valence-electron chi connectivity index (χ0n) is 7.29. The van der Waals surface area contributed by atoms with Gasteiger partial charge in [-0.3, -0.25) is 9.89 Å². The lowest BCUT2D eigenvalue weighted by Crippen LogP contribution is -2.13. The molecule has 0 saturated carbocycles. The van der Waals surface area contributed by atoms with Gasteiger partial charge in [-0.2, -0.15) is 5.10 Å². The zero-order valence-corrected chi connectivity index (χ0v) is 7.29. The molecule has 0 radical (unpaired) electrons. The second-order valence-corrected chi connectivity index (χ2v) is 3.15. The summed E-state index contributed by atoms with van der Waals surface area (Å²) in [6.45, 7) is 1.81. The molecule has 0 spiro atoms. The van der Waals surface area contributed by atoms with Gasteiger partial charge in [0.2, 0.25) is 0 Å². The van der Waals surface area contributed by atoms with Crippen molar-refractivity contribution in [3.63, 3.8) is 0 Å². The number of ketones is 1. The predicted molar refractivity (Wildman–Crippen MR) is 46.7 cm³/mol. The maximum Gasteiger partial charge on any atom is 0.195 e. The van der Waals surface area contributed by atoms with Crippen molar-refractivity contribution in [2.45, 2.75) is 19.8 Å². The molecule has 4 heteroatoms. The number of aliphatic hydroxyl groups excluding tert-OH is 1. The first-order valence-electron chi connectivity index (χ1n) is 4.16. The van der Waals surface area contributed by atoms with Crippen LogP contribution in [0.15, 0.2) is 11.8 Å². The van der Waals surface area contributed by atoms with E-state index >= 15 is 0 Å². The number of Topliss-reactive ketones (excluding diaryl/α,β-unsaturated/α-hetero) is 1. The molecule has 0 bridgehead atoms. The lowest BCUT2D eigenvalue weighted by atomic mass is 9.91. The second kappa shape index (κ2) is 2.73. The van der Waals surface area contributed by atoms with Crippen LogP contribution in [0.1, 0.15) is 28.2 Å². The third-order valence-corrected chi connectivity index (χ3v) is 2.33. The van der Waals surface area contributed by atoms with E-state index in [-0.39, 0.29) is 5.78 Å². The summed E-state index contributed by atoms with van der Waals surface area (Å²) in [5.41, 5.74) is 2.69. The summed E-state index contributed by atoms with van der Waals surface area (Å²) in [6, 6.07) is 0. The minimum Gasteiger partial charge on any atom is -0.515 e. The van der Waals surface area contributed by atoms with Crippen LogP contribution < -0.4 is 0 Å². The van der Waals surface area contributed by atoms with E-state index < -0.39 is 0 Å². The summed E-state index contributed by atoms with van der Waals surface area (Å²) >= 11 is 0. The maximum atomic E-state index is 11.6. The van der Waals surface area contributed by atoms with Gasteiger partial charge in [0.25, 0.3) is 0 Å². The molecule has 1 aromatic rings. The molecular formula is C9H10N2O2. The number of hydrogen-bond donors (Lipinski definition) is 2. The van der Waals surface area contributed by atoms with E-state index in [2.05, 4.69) is 10.2 Å². The summed E-state index contributed by atoms with van der Waals surface area (Å²) in [5.74, 6) is -0.102. The van der Waals surface area contributed by atoms with Gasteiger partial charge in [0.05, 0.1) is 17.5 Å². The zero-order chi connectivity index (χ0) is 9.42. The molecule has 0 aliphatic heterocycles. The van der Waals surface area contributed by atoms with Gasteiger partial charge < -0.3 is 5.11 Å². The number of nitrogens with zero attached hydrogens (tertiary/aromatic N) is 1. The number of carbonyl (C=O) groups excluding carboxylic acids is 1. The van der Waals surface area contributed by atoms with Gasteiger partial charge in [-0.25, -0.2) is 0 Å². The minimum absolute atomic E-state index is 0.102. The van der Waals surface area contributed by atoms with Crippen LogP contribution in [0.25, 0.3) is 0 Å². The molecule has 4 nitrogen and oxygen atoms in total. The topological polar surface area (TPSA) is 66.0 Å². The quantitative estimate of drug-likeness (QED) is 0.464. The molecule has 68 valence electrons. The molecule has 1 aromatic heterocycles. The Bertz CT molecular complexity index is 390. The van der Waals surface area contributed by atoms with Crippen molar-refractivity contribution in [2.24, 2.45) is 0 Å². The molecule has 0 amide bonds. The average Bonchev–Trinajstić information content (AvgIpc) is 2.49. The maximum absolute atomic E-state index is 11.6. The summed E-state index contributed by atoms with van der Waals surface area (Å²) < 4.78 is 0. The van der Waals surface area contributed by atoms with E-state index in [1.54, 1.807) is 0 Å². The highest BCUT2D eigenvalue weighted by Crippen LogP contribution is 2.24. The number of hydrogen-bond acceptors (Lipinski definition) is 3. The number of fused-ring (bicyclic) bond motifs is 1. The first-order chi connectivity index (χ1) is 6.24. The van der Waals surface area contributed by atoms with Crippen molar-refractivity contribution in [3.05, 3.63) is 28.8 Å². The molecule has 0 saturated heterocycles. The molecular weight excluding hydrogens is 168 g/mol. The van der Waals surface area contributed by atoms with Crippen LogP contribution in [0.4, 0.5) is 0 Å². The number of nitrogens with one attached hydrogen (secondary N) is 1. The van der Waals surface area contributed by atoms with E-state index in [1.807, 2.05) is 6.92 Å². The number of allylic oxidation sites excluding steroid dienone is 1. The predicted octanol–water partition coefficient (Wildman–Crippen LogP) is 1.29. The fraction of sp³-hybridized carbons (Fsp3) is 0.333. The Morgan fingerprint density at radius 3 is 3.00 bits per heavy atom. The number of aromatic nitrogens is 2. The van der Waals surface area contributed by atoms with E-state index in [0.717, 1.165) is 24.1 Å². The number of aryl methyl sites for hydroxylation is 2. The Labute approximate surface area is 75.3 Å². The van der Waals surface area contributed by atoms with Crippen LogP contribution in [0.2, 0.25) is 0 Å². The Balaban J connectivity index is 2.55. The van der Waals surface area contributed by atoms with Crippen molar-refractivity contribution in [2.75, 3.05) is 0 Å². The van der Waals surface area contributed by atoms with Crippen LogP contribution in [0, 0.1) is 6.92 Å². The Kier molecular flexibility index (Phi) is 1.69. The number of H-pyrrole nitrogens is 1. The number of rotatable bonds is 0. The molecule has 2 N–H and O–H groups in total. The van der Waals surface area contributed by atoms with Crippen molar-refractivity contribution in [3.8, 4) is 0 Å². The second-order valence-electron chi connectivity index (χ2n) is 3.15. The van der Waals surface area contributed by atoms with Gasteiger partial charge >= 0.3 is 0 Å². The Hall–Kier alpha value is -1.58. The fourth-order valence-corrected chi connectivity index (χ4v) is 1.61. The molecule has 13 heavy (non-hydrogen) atoms. The van der Waals surface area contributed by atoms with Crippen LogP contribution >= 0.6 is 0 Å². The van der Waals surface area contributed by atoms with Crippen LogP contribution in [0.5, 0.6) is 0 Å². The SMILES string of the molecule is Cc1[nH]nc2c1C(=O)/C(=C\O)CC2. The number of carbonyl (C=O) groups is 1. The molecule has 1 heterocycles. The fourth-order valence-electron chi connectivity index (χ4n) is 1.61. The average molecular weight is 178 g/mol. The van der Waals surface area contributed by atoms with Gasteiger partial charge in [0.1, 0.15) is 0 Å². The third kappa shape index (κ3) is 1.06. The van der Waals surface area contributed by atoms with Gasteiger partial charge in [0.15, 0.2) is 5.78 Å². The van der Waals surface area contributed by atoms with Gasteiger partial charge in [-0.1, -0.05) is 0 Å². The Morgan fingerprint density at radius 1 is 1.54 bits per heavy atom. The number of aliphatic hydroxyl groups is 1. The van der Waals surface area contributed by atoms with Crippen molar-refractivity contribution < 1.29 is 9.90 Å². The van der Waals surface area contributed by atoms with E-state index in [9.17, 15) is 4.79 Å². The summed E-state index contributed by atoms with van der Waals surface area (Å²) in [4.78, 5) is 11.6. The normalized spacial score (nSPS) is 19.2. The van der Waals surface area contributed by atoms with Crippen molar-refractivity contribution in [1.82, 2.24) is 10.2 Å². The van der Waals surface area contributed by atoms with Crippen LogP contribution in [0.3, 0.4) is 0 Å². The van der Waals surface area contributed by atoms with E-state index in [1.165, 1.54) is 0 Å². The lowest BCUT2D eigenvalue weighted by molar-refractivity contribution is 0.102. The molecule has 1 aliphatic carbocycles. The minimum atomic E-state index is -0.102. The van der Waals surface area contributed by atoms with Crippen LogP contribution in [-0.4, -0.2) is 21.1 Å². The van der Waals surface area contributed by atoms with Crippen LogP contribution in [-0.2, 0) is 6.42 Å². The van der Waals surface area contributed by atoms with E-state index in [4.69, 9.17) is 5.11 Å². The van der Waals surface area contributed by atoms with Gasteiger partial charge in [-0.05, 0) is 19.8 Å². The number of aromatic amines is 1. The molecule has 2 rings (SSSR count). The van der Waals surface area contributed by atoms with Crippen molar-refractivity contribution in [1.29, 1.82) is 0 Å². The highest BCUT2D eigenvalue weighted by molar-refractivity contribution is 6.10. The lowest BCUT2D eigenvalue weighted by Gasteiger charge is -2.11. The monoisotopic (exact) mass is 178 g/mol. The molecule has 0 atom stereocenters. The molecule has 0 fully saturated rings. The third-order valence-electron chi connectivity index (χ3n) is 2.33. The summed E-state index contributed by atoms with van der Waals surface area (Å²) in [7, 11) is 0. The largest absolute Gasteiger partial charge is 0.515 e. The summed E-state index contributed by atoms with van der Waals surface area (Å²) in [6.07, 6.45) is 2.20. The first-order valence-corrected chi connectivity index (χ1v) is 4.16. The summed E-state index contributed by atoms with van der Waals surface area (Å²) in [5, 5.41) is 15.6. The van der Waals surface area contributed by atoms with Gasteiger partial charge in [-0.15, -0.1) is 0 Å². The highest BCUT2D eigenvalue weighted by atomic mass is 16.2. The van der Waals surface area contributed by atoms with Crippen molar-refractivity contribution >= 4 is 5.78 Å². The highest BCUT2D eigenvalue weighted by Gasteiger charge is 2.26. The standard InChI is InChI=1S/C9H10N2O2/c1-5-8-7(11-10-5)3-2-6(4-12)9(8)13/h4,12H,2-3H2,1H3,(H,10,11)/b6-4-. The smallest absolute Gasteiger partial charge is 0.195 e. The Morgan fingerprint density at radius 2 is 2.31 bits per heavy atom.